The van der Waals surface area contributed by atoms with Crippen molar-refractivity contribution in [1.29, 1.82) is 0 Å². The SMILES string of the molecule is CC(C)(C(=O)O)C(=O)OC1(C2CCCC2)CCCCC1. The molecule has 0 amide bonds. The van der Waals surface area contributed by atoms with Crippen molar-refractivity contribution >= 4 is 11.9 Å². The predicted octanol–water partition coefficient (Wildman–Crippen LogP) is 3.53. The summed E-state index contributed by atoms with van der Waals surface area (Å²) >= 11 is 0. The van der Waals surface area contributed by atoms with Gasteiger partial charge in [0, 0.05) is 0 Å². The number of hydrogen-bond acceptors (Lipinski definition) is 3. The zero-order valence-corrected chi connectivity index (χ0v) is 12.6. The highest BCUT2D eigenvalue weighted by atomic mass is 16.6. The topological polar surface area (TPSA) is 63.6 Å². The Morgan fingerprint density at radius 2 is 1.60 bits per heavy atom. The van der Waals surface area contributed by atoms with Crippen molar-refractivity contribution in [3.63, 3.8) is 0 Å². The highest BCUT2D eigenvalue weighted by molar-refractivity contribution is 5.98. The van der Waals surface area contributed by atoms with Gasteiger partial charge in [0.05, 0.1) is 0 Å². The smallest absolute Gasteiger partial charge is 0.323 e. The Bertz CT molecular complexity index is 374. The number of rotatable bonds is 4. The fourth-order valence-corrected chi connectivity index (χ4v) is 3.60. The Labute approximate surface area is 120 Å². The normalized spacial score (nSPS) is 23.5. The first-order valence-corrected chi connectivity index (χ1v) is 7.85. The van der Waals surface area contributed by atoms with Crippen molar-refractivity contribution < 1.29 is 19.4 Å². The average Bonchev–Trinajstić information content (AvgIpc) is 2.94. The van der Waals surface area contributed by atoms with Crippen molar-refractivity contribution in [3.05, 3.63) is 0 Å². The van der Waals surface area contributed by atoms with E-state index < -0.39 is 23.0 Å². The molecule has 0 unspecified atom stereocenters. The summed E-state index contributed by atoms with van der Waals surface area (Å²) < 4.78 is 5.87. The van der Waals surface area contributed by atoms with Crippen molar-refractivity contribution in [2.45, 2.75) is 77.2 Å². The summed E-state index contributed by atoms with van der Waals surface area (Å²) in [5.41, 5.74) is -1.85. The van der Waals surface area contributed by atoms with Gasteiger partial charge in [-0.25, -0.2) is 0 Å². The number of esters is 1. The van der Waals surface area contributed by atoms with Gasteiger partial charge >= 0.3 is 11.9 Å². The van der Waals surface area contributed by atoms with E-state index in [9.17, 15) is 14.7 Å². The molecule has 2 saturated carbocycles. The number of hydrogen-bond donors (Lipinski definition) is 1. The van der Waals surface area contributed by atoms with E-state index in [1.165, 1.54) is 33.1 Å². The van der Waals surface area contributed by atoms with Gasteiger partial charge in [-0.2, -0.15) is 0 Å². The van der Waals surface area contributed by atoms with Gasteiger partial charge in [0.25, 0.3) is 0 Å². The first-order valence-electron chi connectivity index (χ1n) is 7.85. The van der Waals surface area contributed by atoms with E-state index in [1.54, 1.807) is 0 Å². The first kappa shape index (κ1) is 15.3. The van der Waals surface area contributed by atoms with Gasteiger partial charge in [-0.3, -0.25) is 9.59 Å². The van der Waals surface area contributed by atoms with Crippen molar-refractivity contribution in [2.24, 2.45) is 11.3 Å². The molecule has 0 saturated heterocycles. The summed E-state index contributed by atoms with van der Waals surface area (Å²) in [6.07, 6.45) is 9.78. The lowest BCUT2D eigenvalue weighted by atomic mass is 9.74. The molecule has 114 valence electrons. The first-order chi connectivity index (χ1) is 9.38. The van der Waals surface area contributed by atoms with E-state index in [4.69, 9.17) is 4.74 Å². The second-order valence-electron chi connectivity index (χ2n) is 6.93. The van der Waals surface area contributed by atoms with Crippen LogP contribution in [0.25, 0.3) is 0 Å². The minimum Gasteiger partial charge on any atom is -0.480 e. The third-order valence-electron chi connectivity index (χ3n) is 5.14. The molecule has 0 aromatic rings. The maximum Gasteiger partial charge on any atom is 0.323 e. The Kier molecular flexibility index (Phi) is 4.40. The second-order valence-corrected chi connectivity index (χ2v) is 6.93. The fourth-order valence-electron chi connectivity index (χ4n) is 3.60. The van der Waals surface area contributed by atoms with Gasteiger partial charge in [-0.1, -0.05) is 19.3 Å². The molecule has 0 aromatic carbocycles. The van der Waals surface area contributed by atoms with Crippen LogP contribution in [0.5, 0.6) is 0 Å². The molecule has 1 N–H and O–H groups in total. The standard InChI is InChI=1S/C16H26O4/c1-15(2,13(17)18)14(19)20-16(10-6-3-7-11-16)12-8-4-5-9-12/h12H,3-11H2,1-2H3,(H,17,18). The molecule has 2 rings (SSSR count). The van der Waals surface area contributed by atoms with Gasteiger partial charge in [0.2, 0.25) is 0 Å². The minimum absolute atomic E-state index is 0.390. The van der Waals surface area contributed by atoms with Crippen LogP contribution in [0, 0.1) is 11.3 Å². The molecule has 4 heteroatoms. The number of carbonyl (C=O) groups excluding carboxylic acids is 1. The van der Waals surface area contributed by atoms with Gasteiger partial charge < -0.3 is 9.84 Å². The molecule has 2 aliphatic carbocycles. The maximum atomic E-state index is 12.3. The van der Waals surface area contributed by atoms with E-state index >= 15 is 0 Å². The molecule has 0 heterocycles. The molecule has 2 fully saturated rings. The molecular formula is C16H26O4. The van der Waals surface area contributed by atoms with E-state index in [0.717, 1.165) is 38.5 Å². The van der Waals surface area contributed by atoms with Crippen LogP contribution in [0.4, 0.5) is 0 Å². The van der Waals surface area contributed by atoms with Crippen LogP contribution in [0.1, 0.15) is 71.6 Å². The zero-order valence-electron chi connectivity index (χ0n) is 12.6. The van der Waals surface area contributed by atoms with Crippen LogP contribution in [0.3, 0.4) is 0 Å². The second kappa shape index (κ2) is 5.74. The number of carboxylic acids is 1. The highest BCUT2D eigenvalue weighted by Crippen LogP contribution is 2.46. The molecule has 2 aliphatic rings. The van der Waals surface area contributed by atoms with Gasteiger partial charge in [0.15, 0.2) is 5.41 Å². The molecule has 0 aromatic heterocycles. The van der Waals surface area contributed by atoms with E-state index in [2.05, 4.69) is 0 Å². The summed E-state index contributed by atoms with van der Waals surface area (Å²) in [7, 11) is 0. The summed E-state index contributed by atoms with van der Waals surface area (Å²) in [5.74, 6) is -1.25. The van der Waals surface area contributed by atoms with Crippen molar-refractivity contribution in [3.8, 4) is 0 Å². The van der Waals surface area contributed by atoms with Crippen LogP contribution < -0.4 is 0 Å². The molecule has 20 heavy (non-hydrogen) atoms. The molecule has 4 nitrogen and oxygen atoms in total. The zero-order chi connectivity index (χ0) is 14.8. The minimum atomic E-state index is -1.46. The molecule has 0 spiro atoms. The Hall–Kier alpha value is -1.06. The van der Waals surface area contributed by atoms with Gasteiger partial charge in [-0.05, 0) is 58.3 Å². The summed E-state index contributed by atoms with van der Waals surface area (Å²) in [6, 6.07) is 0. The lowest BCUT2D eigenvalue weighted by molar-refractivity contribution is -0.186. The molecule has 0 atom stereocenters. The lowest BCUT2D eigenvalue weighted by Crippen LogP contribution is -2.47. The van der Waals surface area contributed by atoms with Crippen LogP contribution >= 0.6 is 0 Å². The van der Waals surface area contributed by atoms with Crippen LogP contribution in [0.15, 0.2) is 0 Å². The number of carbonyl (C=O) groups is 2. The third kappa shape index (κ3) is 2.84. The predicted molar refractivity (Wildman–Crippen MR) is 75.3 cm³/mol. The third-order valence-corrected chi connectivity index (χ3v) is 5.14. The Morgan fingerprint density at radius 3 is 2.10 bits per heavy atom. The summed E-state index contributed by atoms with van der Waals surface area (Å²) in [4.78, 5) is 23.6. The average molecular weight is 282 g/mol. The van der Waals surface area contributed by atoms with E-state index in [1.807, 2.05) is 0 Å². The summed E-state index contributed by atoms with van der Waals surface area (Å²) in [5, 5.41) is 9.19. The van der Waals surface area contributed by atoms with Crippen LogP contribution in [-0.2, 0) is 14.3 Å². The van der Waals surface area contributed by atoms with Crippen molar-refractivity contribution in [2.75, 3.05) is 0 Å². The van der Waals surface area contributed by atoms with Gasteiger partial charge in [0.1, 0.15) is 5.60 Å². The molecule has 0 aliphatic heterocycles. The Balaban J connectivity index is 2.15. The largest absolute Gasteiger partial charge is 0.480 e. The quantitative estimate of drug-likeness (QED) is 0.633. The number of carboxylic acid groups (broad SMARTS) is 1. The van der Waals surface area contributed by atoms with E-state index in [-0.39, 0.29) is 0 Å². The fraction of sp³-hybridized carbons (Fsp3) is 0.875. The van der Waals surface area contributed by atoms with Crippen LogP contribution in [0.2, 0.25) is 0 Å². The van der Waals surface area contributed by atoms with E-state index in [0.29, 0.717) is 5.92 Å². The number of ether oxygens (including phenoxy) is 1. The van der Waals surface area contributed by atoms with Gasteiger partial charge in [-0.15, -0.1) is 0 Å². The van der Waals surface area contributed by atoms with Crippen molar-refractivity contribution in [1.82, 2.24) is 0 Å². The number of aliphatic carboxylic acids is 1. The maximum absolute atomic E-state index is 12.3. The summed E-state index contributed by atoms with van der Waals surface area (Å²) in [6.45, 7) is 2.87. The molecule has 0 radical (unpaired) electrons. The highest BCUT2D eigenvalue weighted by Gasteiger charge is 2.48. The van der Waals surface area contributed by atoms with Crippen LogP contribution in [-0.4, -0.2) is 22.6 Å². The molecular weight excluding hydrogens is 256 g/mol. The lowest BCUT2D eigenvalue weighted by Gasteiger charge is -2.42. The Morgan fingerprint density at radius 1 is 1.05 bits per heavy atom. The monoisotopic (exact) mass is 282 g/mol. The molecule has 0 bridgehead atoms.